The first-order chi connectivity index (χ1) is 9.86. The summed E-state index contributed by atoms with van der Waals surface area (Å²) in [7, 11) is 0. The van der Waals surface area contributed by atoms with Crippen LogP contribution in [0.3, 0.4) is 0 Å². The lowest BCUT2D eigenvalue weighted by Crippen LogP contribution is -2.15. The average molecular weight is 290 g/mol. The van der Waals surface area contributed by atoms with Crippen molar-refractivity contribution in [2.24, 2.45) is 0 Å². The second-order valence-electron chi connectivity index (χ2n) is 5.91. The van der Waals surface area contributed by atoms with Crippen LogP contribution in [0.5, 0.6) is 0 Å². The molecule has 0 aromatic heterocycles. The van der Waals surface area contributed by atoms with E-state index in [1.165, 1.54) is 12.1 Å². The molecule has 0 saturated heterocycles. The van der Waals surface area contributed by atoms with Gasteiger partial charge in [0.1, 0.15) is 6.10 Å². The van der Waals surface area contributed by atoms with E-state index in [2.05, 4.69) is 20.8 Å². The Morgan fingerprint density at radius 1 is 1.05 bits per heavy atom. The molecule has 1 N–H and O–H groups in total. The highest BCUT2D eigenvalue weighted by molar-refractivity contribution is 5.34. The molecule has 0 aliphatic carbocycles. The second kappa shape index (κ2) is 5.94. The lowest BCUT2D eigenvalue weighted by Gasteiger charge is -2.24. The number of hydrogen-bond acceptors (Lipinski definition) is 1. The van der Waals surface area contributed by atoms with Gasteiger partial charge in [0.05, 0.1) is 0 Å². The standard InChI is InChI=1S/C18H20F2O/c1-4-18(2,3)13-10-8-12(9-11-13)17(21)14-6-5-7-15(19)16(14)20/h5-11,17,21H,4H2,1-3H3. The van der Waals surface area contributed by atoms with E-state index >= 15 is 0 Å². The largest absolute Gasteiger partial charge is 0.384 e. The molecule has 1 atom stereocenters. The molecule has 0 fully saturated rings. The highest BCUT2D eigenvalue weighted by Gasteiger charge is 2.20. The molecule has 0 aliphatic rings. The van der Waals surface area contributed by atoms with Gasteiger partial charge in [-0.25, -0.2) is 8.78 Å². The first-order valence-corrected chi connectivity index (χ1v) is 7.09. The number of hydrogen-bond donors (Lipinski definition) is 1. The Bertz CT molecular complexity index is 618. The molecular weight excluding hydrogens is 270 g/mol. The lowest BCUT2D eigenvalue weighted by molar-refractivity contribution is 0.213. The van der Waals surface area contributed by atoms with Crippen molar-refractivity contribution in [3.05, 3.63) is 70.8 Å². The Balaban J connectivity index is 2.32. The Morgan fingerprint density at radius 3 is 2.24 bits per heavy atom. The molecule has 112 valence electrons. The minimum Gasteiger partial charge on any atom is -0.384 e. The second-order valence-corrected chi connectivity index (χ2v) is 5.91. The quantitative estimate of drug-likeness (QED) is 0.862. The first kappa shape index (κ1) is 15.6. The topological polar surface area (TPSA) is 20.2 Å². The number of benzene rings is 2. The van der Waals surface area contributed by atoms with Gasteiger partial charge in [-0.1, -0.05) is 57.2 Å². The summed E-state index contributed by atoms with van der Waals surface area (Å²) in [5.41, 5.74) is 1.71. The molecule has 21 heavy (non-hydrogen) atoms. The number of halogens is 2. The van der Waals surface area contributed by atoms with Crippen molar-refractivity contribution in [1.82, 2.24) is 0 Å². The Morgan fingerprint density at radius 2 is 1.67 bits per heavy atom. The van der Waals surface area contributed by atoms with E-state index < -0.39 is 17.7 Å². The van der Waals surface area contributed by atoms with Gasteiger partial charge < -0.3 is 5.11 Å². The van der Waals surface area contributed by atoms with Crippen molar-refractivity contribution in [2.45, 2.75) is 38.7 Å². The van der Waals surface area contributed by atoms with Crippen LogP contribution in [0.1, 0.15) is 50.0 Å². The summed E-state index contributed by atoms with van der Waals surface area (Å²) in [5, 5.41) is 10.2. The van der Waals surface area contributed by atoms with Crippen LogP contribution in [0.15, 0.2) is 42.5 Å². The van der Waals surface area contributed by atoms with Gasteiger partial charge in [0.15, 0.2) is 11.6 Å². The van der Waals surface area contributed by atoms with Crippen molar-refractivity contribution in [3.63, 3.8) is 0 Å². The molecule has 2 rings (SSSR count). The summed E-state index contributed by atoms with van der Waals surface area (Å²) in [4.78, 5) is 0. The molecule has 1 nitrogen and oxygen atoms in total. The highest BCUT2D eigenvalue weighted by Crippen LogP contribution is 2.30. The lowest BCUT2D eigenvalue weighted by atomic mass is 9.81. The van der Waals surface area contributed by atoms with Crippen LogP contribution in [0.4, 0.5) is 8.78 Å². The van der Waals surface area contributed by atoms with Gasteiger partial charge >= 0.3 is 0 Å². The van der Waals surface area contributed by atoms with E-state index in [1.807, 2.05) is 12.1 Å². The van der Waals surface area contributed by atoms with E-state index in [9.17, 15) is 13.9 Å². The Labute approximate surface area is 124 Å². The van der Waals surface area contributed by atoms with Gasteiger partial charge in [0.25, 0.3) is 0 Å². The fraction of sp³-hybridized carbons (Fsp3) is 0.333. The molecule has 0 radical (unpaired) electrons. The van der Waals surface area contributed by atoms with Gasteiger partial charge in [0, 0.05) is 5.56 Å². The van der Waals surface area contributed by atoms with Crippen LogP contribution in [0.25, 0.3) is 0 Å². The van der Waals surface area contributed by atoms with Crippen LogP contribution in [0.2, 0.25) is 0 Å². The smallest absolute Gasteiger partial charge is 0.164 e. The SMILES string of the molecule is CCC(C)(C)c1ccc(C(O)c2cccc(F)c2F)cc1. The maximum atomic E-state index is 13.7. The summed E-state index contributed by atoms with van der Waals surface area (Å²) in [6, 6.07) is 11.2. The van der Waals surface area contributed by atoms with Gasteiger partial charge in [-0.05, 0) is 29.0 Å². The predicted molar refractivity (Wildman–Crippen MR) is 80.2 cm³/mol. The fourth-order valence-corrected chi connectivity index (χ4v) is 2.23. The summed E-state index contributed by atoms with van der Waals surface area (Å²) < 4.78 is 27.0. The molecule has 0 aliphatic heterocycles. The van der Waals surface area contributed by atoms with Gasteiger partial charge in [-0.2, -0.15) is 0 Å². The van der Waals surface area contributed by atoms with E-state index in [1.54, 1.807) is 12.1 Å². The van der Waals surface area contributed by atoms with Crippen molar-refractivity contribution >= 4 is 0 Å². The van der Waals surface area contributed by atoms with E-state index in [0.29, 0.717) is 5.56 Å². The number of aliphatic hydroxyl groups excluding tert-OH is 1. The third-order valence-electron chi connectivity index (χ3n) is 4.17. The minimum atomic E-state index is -1.17. The third kappa shape index (κ3) is 3.13. The van der Waals surface area contributed by atoms with E-state index in [4.69, 9.17) is 0 Å². The highest BCUT2D eigenvalue weighted by atomic mass is 19.2. The van der Waals surface area contributed by atoms with Crippen molar-refractivity contribution in [3.8, 4) is 0 Å². The maximum absolute atomic E-state index is 13.7. The van der Waals surface area contributed by atoms with E-state index in [-0.39, 0.29) is 11.0 Å². The maximum Gasteiger partial charge on any atom is 0.164 e. The number of aliphatic hydroxyl groups is 1. The van der Waals surface area contributed by atoms with Crippen LogP contribution in [-0.2, 0) is 5.41 Å². The van der Waals surface area contributed by atoms with Gasteiger partial charge in [0.2, 0.25) is 0 Å². The molecule has 0 amide bonds. The predicted octanol–water partition coefficient (Wildman–Crippen LogP) is 4.73. The molecule has 3 heteroatoms. The summed E-state index contributed by atoms with van der Waals surface area (Å²) in [6.07, 6.45) is -0.174. The monoisotopic (exact) mass is 290 g/mol. The summed E-state index contributed by atoms with van der Waals surface area (Å²) >= 11 is 0. The first-order valence-electron chi connectivity index (χ1n) is 7.09. The minimum absolute atomic E-state index is 0.0440. The van der Waals surface area contributed by atoms with Crippen molar-refractivity contribution in [2.75, 3.05) is 0 Å². The fourth-order valence-electron chi connectivity index (χ4n) is 2.23. The van der Waals surface area contributed by atoms with Crippen LogP contribution in [0, 0.1) is 11.6 Å². The third-order valence-corrected chi connectivity index (χ3v) is 4.17. The molecule has 0 spiro atoms. The molecule has 1 unspecified atom stereocenters. The van der Waals surface area contributed by atoms with Crippen LogP contribution >= 0.6 is 0 Å². The number of rotatable bonds is 4. The molecule has 2 aromatic carbocycles. The van der Waals surface area contributed by atoms with Crippen LogP contribution in [-0.4, -0.2) is 5.11 Å². The Hall–Kier alpha value is -1.74. The molecule has 0 heterocycles. The zero-order valence-corrected chi connectivity index (χ0v) is 12.5. The average Bonchev–Trinajstić information content (AvgIpc) is 2.49. The zero-order valence-electron chi connectivity index (χ0n) is 12.5. The van der Waals surface area contributed by atoms with Gasteiger partial charge in [-0.3, -0.25) is 0 Å². The normalized spacial score (nSPS) is 13.2. The van der Waals surface area contributed by atoms with Crippen LogP contribution < -0.4 is 0 Å². The molecule has 0 saturated carbocycles. The summed E-state index contributed by atoms with van der Waals surface area (Å²) in [5.74, 6) is -1.95. The zero-order chi connectivity index (χ0) is 15.6. The molecule has 0 bridgehead atoms. The van der Waals surface area contributed by atoms with Gasteiger partial charge in [-0.15, -0.1) is 0 Å². The van der Waals surface area contributed by atoms with E-state index in [0.717, 1.165) is 18.1 Å². The van der Waals surface area contributed by atoms with Crippen molar-refractivity contribution < 1.29 is 13.9 Å². The van der Waals surface area contributed by atoms with Crippen molar-refractivity contribution in [1.29, 1.82) is 0 Å². The molecular formula is C18H20F2O. The molecule has 2 aromatic rings. The summed E-state index contributed by atoms with van der Waals surface area (Å²) in [6.45, 7) is 6.40. The Kier molecular flexibility index (Phi) is 4.43.